The minimum atomic E-state index is -0.328. The number of methoxy groups -OCH3 is 2. The van der Waals surface area contributed by atoms with E-state index in [4.69, 9.17) is 9.47 Å². The summed E-state index contributed by atoms with van der Waals surface area (Å²) in [6, 6.07) is 5.83. The fraction of sp³-hybridized carbons (Fsp3) is 0.562. The zero-order valence-electron chi connectivity index (χ0n) is 12.4. The van der Waals surface area contributed by atoms with Crippen LogP contribution in [0.4, 0.5) is 0 Å². The first-order valence-corrected chi connectivity index (χ1v) is 7.10. The van der Waals surface area contributed by atoms with Gasteiger partial charge in [0.2, 0.25) is 0 Å². The molecule has 1 atom stereocenters. The van der Waals surface area contributed by atoms with Gasteiger partial charge in [0.1, 0.15) is 0 Å². The van der Waals surface area contributed by atoms with Gasteiger partial charge in [-0.2, -0.15) is 0 Å². The molecule has 1 aromatic rings. The lowest BCUT2D eigenvalue weighted by molar-refractivity contribution is -0.0992. The van der Waals surface area contributed by atoms with E-state index in [0.717, 1.165) is 18.4 Å². The van der Waals surface area contributed by atoms with E-state index >= 15 is 0 Å². The van der Waals surface area contributed by atoms with E-state index in [9.17, 15) is 4.79 Å². The number of carbonyl (C=O) groups excluding carboxylic acids is 1. The molecule has 0 heterocycles. The molecule has 0 radical (unpaired) electrons. The molecule has 0 fully saturated rings. The summed E-state index contributed by atoms with van der Waals surface area (Å²) >= 11 is 0. The Bertz CT molecular complexity index is 469. The van der Waals surface area contributed by atoms with Gasteiger partial charge in [0.15, 0.2) is 12.1 Å². The van der Waals surface area contributed by atoms with E-state index < -0.39 is 0 Å². The van der Waals surface area contributed by atoms with Crippen LogP contribution in [0.25, 0.3) is 0 Å². The summed E-state index contributed by atoms with van der Waals surface area (Å²) in [5.41, 5.74) is 3.51. The van der Waals surface area contributed by atoms with Crippen LogP contribution >= 0.6 is 0 Å². The minimum Gasteiger partial charge on any atom is -0.355 e. The molecule has 4 heteroatoms. The van der Waals surface area contributed by atoms with Crippen molar-refractivity contribution in [1.29, 1.82) is 0 Å². The van der Waals surface area contributed by atoms with Crippen LogP contribution in [0, 0.1) is 0 Å². The summed E-state index contributed by atoms with van der Waals surface area (Å²) in [6.45, 7) is 2.36. The quantitative estimate of drug-likeness (QED) is 0.611. The summed E-state index contributed by atoms with van der Waals surface area (Å²) < 4.78 is 10.2. The van der Waals surface area contributed by atoms with Gasteiger partial charge in [0.25, 0.3) is 0 Å². The lowest BCUT2D eigenvalue weighted by atomic mass is 10.0. The number of ketones is 1. The minimum absolute atomic E-state index is 0.116. The number of rotatable bonds is 7. The fourth-order valence-electron chi connectivity index (χ4n) is 2.60. The molecule has 0 aromatic heterocycles. The van der Waals surface area contributed by atoms with E-state index in [0.29, 0.717) is 6.54 Å². The molecule has 1 aliphatic rings. The second kappa shape index (κ2) is 6.97. The van der Waals surface area contributed by atoms with Gasteiger partial charge in [0, 0.05) is 26.3 Å². The normalized spacial score (nSPS) is 15.4. The van der Waals surface area contributed by atoms with Gasteiger partial charge < -0.3 is 14.8 Å². The highest BCUT2D eigenvalue weighted by atomic mass is 16.7. The lowest BCUT2D eigenvalue weighted by Gasteiger charge is -2.18. The van der Waals surface area contributed by atoms with E-state index in [2.05, 4.69) is 11.4 Å². The lowest BCUT2D eigenvalue weighted by Crippen LogP contribution is -2.40. The van der Waals surface area contributed by atoms with Crippen LogP contribution in [0.2, 0.25) is 0 Å². The molecule has 110 valence electrons. The maximum atomic E-state index is 12.4. The summed E-state index contributed by atoms with van der Waals surface area (Å²) in [5, 5.41) is 3.15. The maximum absolute atomic E-state index is 12.4. The Balaban J connectivity index is 1.96. The van der Waals surface area contributed by atoms with Crippen LogP contribution in [-0.2, 0) is 22.3 Å². The van der Waals surface area contributed by atoms with E-state index in [-0.39, 0.29) is 18.1 Å². The molecular formula is C16H23NO3. The SMILES string of the molecule is COC(CNC(C)C(=O)c1ccc2c(c1)CCC2)OC. The highest BCUT2D eigenvalue weighted by molar-refractivity contribution is 6.00. The van der Waals surface area contributed by atoms with Crippen LogP contribution in [0.5, 0.6) is 0 Å². The molecular weight excluding hydrogens is 254 g/mol. The van der Waals surface area contributed by atoms with Crippen LogP contribution in [0.15, 0.2) is 18.2 Å². The van der Waals surface area contributed by atoms with Crippen LogP contribution < -0.4 is 5.32 Å². The smallest absolute Gasteiger partial charge is 0.179 e. The fourth-order valence-corrected chi connectivity index (χ4v) is 2.60. The van der Waals surface area contributed by atoms with Crippen molar-refractivity contribution in [3.8, 4) is 0 Å². The standard InChI is InChI=1S/C16H23NO3/c1-11(17-10-15(19-2)20-3)16(18)14-8-7-12-5-4-6-13(12)9-14/h7-9,11,15,17H,4-6,10H2,1-3H3. The molecule has 20 heavy (non-hydrogen) atoms. The number of nitrogens with one attached hydrogen (secondary N) is 1. The molecule has 0 spiro atoms. The Hall–Kier alpha value is -1.23. The van der Waals surface area contributed by atoms with E-state index in [1.165, 1.54) is 17.5 Å². The Morgan fingerprint density at radius 2 is 1.95 bits per heavy atom. The van der Waals surface area contributed by atoms with Crippen molar-refractivity contribution in [3.05, 3.63) is 34.9 Å². The first-order chi connectivity index (χ1) is 9.65. The van der Waals surface area contributed by atoms with Crippen LogP contribution in [-0.4, -0.2) is 38.9 Å². The number of benzene rings is 1. The molecule has 0 bridgehead atoms. The van der Waals surface area contributed by atoms with Crippen molar-refractivity contribution in [1.82, 2.24) is 5.32 Å². The van der Waals surface area contributed by atoms with Crippen molar-refractivity contribution in [3.63, 3.8) is 0 Å². The first-order valence-electron chi connectivity index (χ1n) is 7.10. The molecule has 0 aliphatic heterocycles. The molecule has 0 amide bonds. The van der Waals surface area contributed by atoms with Gasteiger partial charge in [-0.05, 0) is 43.4 Å². The first kappa shape index (κ1) is 15.2. The average Bonchev–Trinajstić information content (AvgIpc) is 2.94. The Morgan fingerprint density at radius 3 is 2.65 bits per heavy atom. The zero-order valence-corrected chi connectivity index (χ0v) is 12.4. The average molecular weight is 277 g/mol. The van der Waals surface area contributed by atoms with Crippen LogP contribution in [0.3, 0.4) is 0 Å². The van der Waals surface area contributed by atoms with Crippen LogP contribution in [0.1, 0.15) is 34.8 Å². The molecule has 0 saturated carbocycles. The third kappa shape index (κ3) is 3.45. The number of ether oxygens (including phenoxy) is 2. The largest absolute Gasteiger partial charge is 0.355 e. The van der Waals surface area contributed by atoms with Crippen molar-refractivity contribution < 1.29 is 14.3 Å². The Morgan fingerprint density at radius 1 is 1.25 bits per heavy atom. The summed E-state index contributed by atoms with van der Waals surface area (Å²) in [4.78, 5) is 12.4. The zero-order chi connectivity index (χ0) is 14.5. The maximum Gasteiger partial charge on any atom is 0.179 e. The van der Waals surface area contributed by atoms with Gasteiger partial charge >= 0.3 is 0 Å². The molecule has 1 aliphatic carbocycles. The number of fused-ring (bicyclic) bond motifs is 1. The topological polar surface area (TPSA) is 47.6 Å². The second-order valence-electron chi connectivity index (χ2n) is 5.23. The molecule has 4 nitrogen and oxygen atoms in total. The van der Waals surface area contributed by atoms with Crippen molar-refractivity contribution in [2.75, 3.05) is 20.8 Å². The summed E-state index contributed by atoms with van der Waals surface area (Å²) in [7, 11) is 3.17. The number of aryl methyl sites for hydroxylation is 2. The van der Waals surface area contributed by atoms with Gasteiger partial charge in [-0.15, -0.1) is 0 Å². The third-order valence-electron chi connectivity index (χ3n) is 3.89. The predicted molar refractivity (Wildman–Crippen MR) is 78.1 cm³/mol. The van der Waals surface area contributed by atoms with E-state index in [1.807, 2.05) is 19.1 Å². The predicted octanol–water partition coefficient (Wildman–Crippen LogP) is 1.96. The van der Waals surface area contributed by atoms with Gasteiger partial charge in [-0.25, -0.2) is 0 Å². The third-order valence-corrected chi connectivity index (χ3v) is 3.89. The Labute approximate surface area is 120 Å². The van der Waals surface area contributed by atoms with Crippen molar-refractivity contribution >= 4 is 5.78 Å². The van der Waals surface area contributed by atoms with E-state index in [1.54, 1.807) is 14.2 Å². The number of Topliss-reactive ketones (excluding diaryl/α,β-unsaturated/α-hetero) is 1. The summed E-state index contributed by atoms with van der Waals surface area (Å²) in [6.07, 6.45) is 3.10. The molecule has 2 rings (SSSR count). The van der Waals surface area contributed by atoms with Gasteiger partial charge in [-0.3, -0.25) is 4.79 Å². The van der Waals surface area contributed by atoms with Gasteiger partial charge in [-0.1, -0.05) is 12.1 Å². The monoisotopic (exact) mass is 277 g/mol. The second-order valence-corrected chi connectivity index (χ2v) is 5.23. The highest BCUT2D eigenvalue weighted by Gasteiger charge is 2.19. The van der Waals surface area contributed by atoms with Crippen molar-refractivity contribution in [2.24, 2.45) is 0 Å². The molecule has 1 N–H and O–H groups in total. The number of hydrogen-bond donors (Lipinski definition) is 1. The highest BCUT2D eigenvalue weighted by Crippen LogP contribution is 2.23. The summed E-state index contributed by atoms with van der Waals surface area (Å²) in [5.74, 6) is 0.116. The molecule has 0 saturated heterocycles. The molecule has 1 unspecified atom stereocenters. The number of hydrogen-bond acceptors (Lipinski definition) is 4. The van der Waals surface area contributed by atoms with Crippen molar-refractivity contribution in [2.45, 2.75) is 38.5 Å². The number of carbonyl (C=O) groups is 1. The molecule has 1 aromatic carbocycles. The Kier molecular flexibility index (Phi) is 5.29. The van der Waals surface area contributed by atoms with Gasteiger partial charge in [0.05, 0.1) is 6.04 Å².